The van der Waals surface area contributed by atoms with Crippen molar-refractivity contribution in [3.05, 3.63) is 74.5 Å². The number of hydrogen-bond acceptors (Lipinski definition) is 3. The average molecular weight is 469 g/mol. The van der Waals surface area contributed by atoms with Crippen LogP contribution in [0.2, 0.25) is 5.02 Å². The molecule has 0 fully saturated rings. The zero-order valence-corrected chi connectivity index (χ0v) is 20.6. The summed E-state index contributed by atoms with van der Waals surface area (Å²) in [7, 11) is 0. The lowest BCUT2D eigenvalue weighted by molar-refractivity contribution is 0.202. The van der Waals surface area contributed by atoms with Crippen molar-refractivity contribution in [1.82, 2.24) is 14.8 Å². The monoisotopic (exact) mass is 468 g/mol. The van der Waals surface area contributed by atoms with E-state index in [9.17, 15) is 9.59 Å². The fraction of sp³-hybridized carbons (Fsp3) is 0.385. The fourth-order valence-electron chi connectivity index (χ4n) is 3.99. The van der Waals surface area contributed by atoms with Gasteiger partial charge < -0.3 is 20.1 Å². The Kier molecular flexibility index (Phi) is 8.53. The largest absolute Gasteiger partial charge is 0.322 e. The zero-order valence-electron chi connectivity index (χ0n) is 19.9. The third-order valence-corrected chi connectivity index (χ3v) is 6.28. The van der Waals surface area contributed by atoms with Crippen molar-refractivity contribution in [2.45, 2.75) is 40.7 Å². The topological polar surface area (TPSA) is 68.4 Å². The van der Waals surface area contributed by atoms with Crippen molar-refractivity contribution in [3.63, 3.8) is 0 Å². The van der Waals surface area contributed by atoms with Crippen LogP contribution in [0.5, 0.6) is 0 Å². The number of carbonyl (C=O) groups excluding carboxylic acids is 1. The molecule has 0 saturated carbocycles. The number of aromatic amines is 1. The average Bonchev–Trinajstić information content (AvgIpc) is 2.79. The van der Waals surface area contributed by atoms with Crippen molar-refractivity contribution in [2.24, 2.45) is 0 Å². The normalized spacial score (nSPS) is 11.2. The summed E-state index contributed by atoms with van der Waals surface area (Å²) >= 11 is 6.08. The summed E-state index contributed by atoms with van der Waals surface area (Å²) < 4.78 is 0. The van der Waals surface area contributed by atoms with E-state index in [2.05, 4.69) is 29.0 Å². The summed E-state index contributed by atoms with van der Waals surface area (Å²) in [6, 6.07) is 12.8. The van der Waals surface area contributed by atoms with Crippen LogP contribution in [0, 0.1) is 13.8 Å². The maximum Gasteiger partial charge on any atom is 0.322 e. The molecule has 176 valence electrons. The fourth-order valence-corrected chi connectivity index (χ4v) is 4.18. The van der Waals surface area contributed by atoms with E-state index in [0.717, 1.165) is 48.1 Å². The van der Waals surface area contributed by atoms with Crippen LogP contribution in [-0.4, -0.2) is 47.0 Å². The third-order valence-electron chi connectivity index (χ3n) is 6.04. The molecular weight excluding hydrogens is 436 g/mol. The molecule has 0 atom stereocenters. The van der Waals surface area contributed by atoms with Gasteiger partial charge in [-0.3, -0.25) is 4.79 Å². The van der Waals surface area contributed by atoms with Gasteiger partial charge in [0.25, 0.3) is 5.56 Å². The molecule has 2 N–H and O–H groups in total. The van der Waals surface area contributed by atoms with Crippen molar-refractivity contribution in [2.75, 3.05) is 31.5 Å². The molecule has 0 radical (unpaired) electrons. The highest BCUT2D eigenvalue weighted by Gasteiger charge is 2.17. The van der Waals surface area contributed by atoms with Gasteiger partial charge in [-0.2, -0.15) is 0 Å². The molecule has 2 amide bonds. The number of aryl methyl sites for hydroxylation is 2. The highest BCUT2D eigenvalue weighted by molar-refractivity contribution is 6.30. The van der Waals surface area contributed by atoms with Gasteiger partial charge in [-0.15, -0.1) is 0 Å². The molecule has 0 unspecified atom stereocenters. The van der Waals surface area contributed by atoms with Crippen LogP contribution in [0.1, 0.15) is 37.0 Å². The van der Waals surface area contributed by atoms with Gasteiger partial charge >= 0.3 is 6.03 Å². The number of aromatic nitrogens is 1. The predicted octanol–water partition coefficient (Wildman–Crippen LogP) is 5.56. The highest BCUT2D eigenvalue weighted by Crippen LogP contribution is 2.21. The molecular formula is C26H33ClN4O2. The first-order valence-electron chi connectivity index (χ1n) is 11.5. The number of H-pyrrole nitrogens is 1. The summed E-state index contributed by atoms with van der Waals surface area (Å²) in [5.74, 6) is 0. The van der Waals surface area contributed by atoms with Crippen molar-refractivity contribution >= 4 is 34.2 Å². The Labute approximate surface area is 200 Å². The van der Waals surface area contributed by atoms with Crippen molar-refractivity contribution in [1.29, 1.82) is 0 Å². The molecule has 0 aliphatic rings. The molecule has 7 heteroatoms. The molecule has 33 heavy (non-hydrogen) atoms. The highest BCUT2D eigenvalue weighted by atomic mass is 35.5. The number of benzene rings is 2. The Hall–Kier alpha value is -2.83. The van der Waals surface area contributed by atoms with Crippen LogP contribution in [0.4, 0.5) is 10.5 Å². The maximum atomic E-state index is 13.2. The molecule has 0 bridgehead atoms. The molecule has 2 aromatic carbocycles. The number of carbonyl (C=O) groups is 1. The van der Waals surface area contributed by atoms with Gasteiger partial charge in [-0.25, -0.2) is 4.79 Å². The van der Waals surface area contributed by atoms with E-state index in [-0.39, 0.29) is 18.1 Å². The molecule has 1 heterocycles. The van der Waals surface area contributed by atoms with Crippen LogP contribution in [0.25, 0.3) is 10.9 Å². The SMILES string of the molecule is CCN(CC)CCCN(Cc1cc2c(C)ccc(C)c2[nH]c1=O)C(=O)Nc1cccc(Cl)c1. The Morgan fingerprint density at radius 1 is 1.03 bits per heavy atom. The zero-order chi connectivity index (χ0) is 24.0. The minimum absolute atomic E-state index is 0.166. The number of pyridine rings is 1. The molecule has 0 spiro atoms. The summed E-state index contributed by atoms with van der Waals surface area (Å²) in [6.45, 7) is 11.9. The van der Waals surface area contributed by atoms with Gasteiger partial charge in [0.2, 0.25) is 0 Å². The molecule has 6 nitrogen and oxygen atoms in total. The van der Waals surface area contributed by atoms with Gasteiger partial charge in [0.1, 0.15) is 0 Å². The van der Waals surface area contributed by atoms with E-state index in [0.29, 0.717) is 22.8 Å². The quantitative estimate of drug-likeness (QED) is 0.431. The summed E-state index contributed by atoms with van der Waals surface area (Å²) in [6.07, 6.45) is 0.814. The Morgan fingerprint density at radius 3 is 2.45 bits per heavy atom. The molecule has 0 aliphatic heterocycles. The van der Waals surface area contributed by atoms with Gasteiger partial charge in [0, 0.05) is 28.2 Å². The van der Waals surface area contributed by atoms with Gasteiger partial charge in [-0.1, -0.05) is 43.6 Å². The smallest absolute Gasteiger partial charge is 0.321 e. The summed E-state index contributed by atoms with van der Waals surface area (Å²) in [4.78, 5) is 33.1. The minimum Gasteiger partial charge on any atom is -0.321 e. The number of anilines is 1. The van der Waals surface area contributed by atoms with E-state index < -0.39 is 0 Å². The number of rotatable bonds is 9. The Balaban J connectivity index is 1.86. The molecule has 0 saturated heterocycles. The molecule has 1 aromatic heterocycles. The first kappa shape index (κ1) is 24.8. The summed E-state index contributed by atoms with van der Waals surface area (Å²) in [5, 5.41) is 4.48. The third kappa shape index (κ3) is 6.36. The van der Waals surface area contributed by atoms with E-state index in [1.807, 2.05) is 32.0 Å². The van der Waals surface area contributed by atoms with E-state index in [1.165, 1.54) is 0 Å². The standard InChI is InChI=1S/C26H33ClN4O2/c1-5-30(6-2)13-8-14-31(26(33)28-22-10-7-9-21(27)16-22)17-20-15-23-18(3)11-12-19(4)24(23)29-25(20)32/h7,9-12,15-16H,5-6,8,13-14,17H2,1-4H3,(H,28,33)(H,29,32). The van der Waals surface area contributed by atoms with E-state index in [1.54, 1.807) is 29.2 Å². The minimum atomic E-state index is -0.253. The lowest BCUT2D eigenvalue weighted by Crippen LogP contribution is -2.38. The lowest BCUT2D eigenvalue weighted by Gasteiger charge is -2.25. The van der Waals surface area contributed by atoms with Crippen molar-refractivity contribution < 1.29 is 4.79 Å². The number of nitrogens with one attached hydrogen (secondary N) is 2. The first-order valence-corrected chi connectivity index (χ1v) is 11.9. The van der Waals surface area contributed by atoms with Crippen LogP contribution in [0.15, 0.2) is 47.3 Å². The lowest BCUT2D eigenvalue weighted by atomic mass is 10.0. The van der Waals surface area contributed by atoms with Gasteiger partial charge in [-0.05, 0) is 75.3 Å². The number of fused-ring (bicyclic) bond motifs is 1. The number of hydrogen-bond donors (Lipinski definition) is 2. The van der Waals surface area contributed by atoms with Crippen LogP contribution >= 0.6 is 11.6 Å². The second-order valence-electron chi connectivity index (χ2n) is 8.35. The van der Waals surface area contributed by atoms with Crippen LogP contribution in [0.3, 0.4) is 0 Å². The molecule has 3 rings (SSSR count). The predicted molar refractivity (Wildman–Crippen MR) is 137 cm³/mol. The Morgan fingerprint density at radius 2 is 1.76 bits per heavy atom. The number of urea groups is 1. The maximum absolute atomic E-state index is 13.2. The summed E-state index contributed by atoms with van der Waals surface area (Å²) in [5.41, 5.74) is 3.99. The van der Waals surface area contributed by atoms with Crippen LogP contribution in [-0.2, 0) is 6.54 Å². The van der Waals surface area contributed by atoms with Crippen LogP contribution < -0.4 is 10.9 Å². The second-order valence-corrected chi connectivity index (χ2v) is 8.79. The van der Waals surface area contributed by atoms with Crippen molar-refractivity contribution in [3.8, 4) is 0 Å². The Bertz CT molecular complexity index is 1170. The van der Waals surface area contributed by atoms with Gasteiger partial charge in [0.05, 0.1) is 12.1 Å². The van der Waals surface area contributed by atoms with E-state index in [4.69, 9.17) is 11.6 Å². The number of nitrogens with zero attached hydrogens (tertiary/aromatic N) is 2. The molecule has 0 aliphatic carbocycles. The van der Waals surface area contributed by atoms with E-state index >= 15 is 0 Å². The second kappa shape index (κ2) is 11.3. The number of halogens is 1. The number of amides is 2. The van der Waals surface area contributed by atoms with Gasteiger partial charge in [0.15, 0.2) is 0 Å². The molecule has 3 aromatic rings. The first-order chi connectivity index (χ1) is 15.8.